The summed E-state index contributed by atoms with van der Waals surface area (Å²) in [6.45, 7) is 4.19. The molecule has 0 saturated carbocycles. The van der Waals surface area contributed by atoms with Crippen LogP contribution in [0.15, 0.2) is 24.3 Å². The number of hydrogen-bond acceptors (Lipinski definition) is 2. The maximum absolute atomic E-state index is 11.9. The summed E-state index contributed by atoms with van der Waals surface area (Å²) < 4.78 is 5.16. The Morgan fingerprint density at radius 3 is 2.67 bits per heavy atom. The summed E-state index contributed by atoms with van der Waals surface area (Å²) in [4.78, 5) is 11.9. The molecule has 0 aromatic heterocycles. The second-order valence-corrected chi connectivity index (χ2v) is 3.84. The highest BCUT2D eigenvalue weighted by Crippen LogP contribution is 2.21. The molecule has 0 aliphatic carbocycles. The average Bonchev–Trinajstić information content (AvgIpc) is 2.28. The van der Waals surface area contributed by atoms with Gasteiger partial charge >= 0.3 is 0 Å². The van der Waals surface area contributed by atoms with Gasteiger partial charge in [0.1, 0.15) is 5.75 Å². The molecular weight excluding hydrogens is 188 g/mol. The summed E-state index contributed by atoms with van der Waals surface area (Å²) in [6, 6.07) is 7.39. The standard InChI is InChI=1S/C13H18O2/c1-4-10(2)9-12(14)11-7-5-6-8-13(11)15-3/h5-8,10H,4,9H2,1-3H3. The summed E-state index contributed by atoms with van der Waals surface area (Å²) >= 11 is 0. The van der Waals surface area contributed by atoms with Crippen LogP contribution in [0.3, 0.4) is 0 Å². The first-order valence-corrected chi connectivity index (χ1v) is 5.35. The third-order valence-electron chi connectivity index (χ3n) is 2.64. The summed E-state index contributed by atoms with van der Waals surface area (Å²) in [6.07, 6.45) is 1.62. The molecule has 1 unspecified atom stereocenters. The highest BCUT2D eigenvalue weighted by atomic mass is 16.5. The Labute approximate surface area is 91.3 Å². The zero-order valence-electron chi connectivity index (χ0n) is 9.62. The number of hydrogen-bond donors (Lipinski definition) is 0. The van der Waals surface area contributed by atoms with E-state index in [2.05, 4.69) is 13.8 Å². The van der Waals surface area contributed by atoms with Crippen LogP contribution in [-0.4, -0.2) is 12.9 Å². The number of ether oxygens (including phenoxy) is 1. The Hall–Kier alpha value is -1.31. The molecule has 0 aliphatic heterocycles. The summed E-state index contributed by atoms with van der Waals surface area (Å²) in [5.41, 5.74) is 0.695. The van der Waals surface area contributed by atoms with E-state index in [9.17, 15) is 4.79 Å². The molecule has 82 valence electrons. The zero-order chi connectivity index (χ0) is 11.3. The van der Waals surface area contributed by atoms with Gasteiger partial charge < -0.3 is 4.74 Å². The number of Topliss-reactive ketones (excluding diaryl/α,β-unsaturated/α-hetero) is 1. The molecule has 2 nitrogen and oxygen atoms in total. The minimum Gasteiger partial charge on any atom is -0.496 e. The van der Waals surface area contributed by atoms with Gasteiger partial charge in [0.15, 0.2) is 5.78 Å². The molecule has 1 atom stereocenters. The number of rotatable bonds is 5. The maximum Gasteiger partial charge on any atom is 0.166 e. The van der Waals surface area contributed by atoms with Gasteiger partial charge in [-0.25, -0.2) is 0 Å². The average molecular weight is 206 g/mol. The molecule has 0 amide bonds. The van der Waals surface area contributed by atoms with Gasteiger partial charge in [0.05, 0.1) is 12.7 Å². The molecule has 15 heavy (non-hydrogen) atoms. The van der Waals surface area contributed by atoms with Crippen molar-refractivity contribution in [2.45, 2.75) is 26.7 Å². The van der Waals surface area contributed by atoms with Gasteiger partial charge in [0.2, 0.25) is 0 Å². The molecule has 1 rings (SSSR count). The summed E-state index contributed by atoms with van der Waals surface area (Å²) in [7, 11) is 1.59. The molecule has 0 aliphatic rings. The first kappa shape index (κ1) is 11.8. The molecule has 0 saturated heterocycles. The molecule has 1 aromatic rings. The van der Waals surface area contributed by atoms with Crippen molar-refractivity contribution in [2.75, 3.05) is 7.11 Å². The highest BCUT2D eigenvalue weighted by molar-refractivity contribution is 5.98. The van der Waals surface area contributed by atoms with Crippen molar-refractivity contribution in [3.05, 3.63) is 29.8 Å². The fourth-order valence-corrected chi connectivity index (χ4v) is 1.45. The van der Waals surface area contributed by atoms with Gasteiger partial charge in [-0.2, -0.15) is 0 Å². The summed E-state index contributed by atoms with van der Waals surface area (Å²) in [5, 5.41) is 0. The van der Waals surface area contributed by atoms with Crippen molar-refractivity contribution >= 4 is 5.78 Å². The molecule has 2 heteroatoms. The summed E-state index contributed by atoms with van der Waals surface area (Å²) in [5.74, 6) is 1.27. The largest absolute Gasteiger partial charge is 0.496 e. The van der Waals surface area contributed by atoms with Crippen LogP contribution in [0.2, 0.25) is 0 Å². The Morgan fingerprint density at radius 2 is 2.07 bits per heavy atom. The topological polar surface area (TPSA) is 26.3 Å². The smallest absolute Gasteiger partial charge is 0.166 e. The van der Waals surface area contributed by atoms with E-state index in [1.807, 2.05) is 24.3 Å². The van der Waals surface area contributed by atoms with Gasteiger partial charge in [0.25, 0.3) is 0 Å². The van der Waals surface area contributed by atoms with Crippen LogP contribution in [0.5, 0.6) is 5.75 Å². The molecule has 0 fully saturated rings. The van der Waals surface area contributed by atoms with E-state index >= 15 is 0 Å². The predicted molar refractivity (Wildman–Crippen MR) is 61.4 cm³/mol. The van der Waals surface area contributed by atoms with Crippen molar-refractivity contribution in [3.63, 3.8) is 0 Å². The Balaban J connectivity index is 2.81. The lowest BCUT2D eigenvalue weighted by Gasteiger charge is -2.10. The van der Waals surface area contributed by atoms with Crippen LogP contribution < -0.4 is 4.74 Å². The molecule has 0 heterocycles. The van der Waals surface area contributed by atoms with E-state index in [1.54, 1.807) is 7.11 Å². The van der Waals surface area contributed by atoms with Crippen LogP contribution in [0.25, 0.3) is 0 Å². The Kier molecular flexibility index (Phi) is 4.35. The highest BCUT2D eigenvalue weighted by Gasteiger charge is 2.13. The normalized spacial score (nSPS) is 12.2. The van der Waals surface area contributed by atoms with Crippen LogP contribution in [0.1, 0.15) is 37.0 Å². The monoisotopic (exact) mass is 206 g/mol. The van der Waals surface area contributed by atoms with Gasteiger partial charge in [-0.3, -0.25) is 4.79 Å². The SMILES string of the molecule is CCC(C)CC(=O)c1ccccc1OC. The number of carbonyl (C=O) groups is 1. The van der Waals surface area contributed by atoms with E-state index in [4.69, 9.17) is 4.74 Å². The lowest BCUT2D eigenvalue weighted by Crippen LogP contribution is -2.06. The van der Waals surface area contributed by atoms with Crippen molar-refractivity contribution in [3.8, 4) is 5.75 Å². The van der Waals surface area contributed by atoms with E-state index < -0.39 is 0 Å². The van der Waals surface area contributed by atoms with Crippen molar-refractivity contribution in [2.24, 2.45) is 5.92 Å². The van der Waals surface area contributed by atoms with Crippen molar-refractivity contribution in [1.82, 2.24) is 0 Å². The quantitative estimate of drug-likeness (QED) is 0.691. The van der Waals surface area contributed by atoms with E-state index in [0.717, 1.165) is 6.42 Å². The van der Waals surface area contributed by atoms with Crippen LogP contribution >= 0.6 is 0 Å². The molecule has 0 spiro atoms. The minimum absolute atomic E-state index is 0.168. The lowest BCUT2D eigenvalue weighted by molar-refractivity contribution is 0.0960. The van der Waals surface area contributed by atoms with E-state index in [1.165, 1.54) is 0 Å². The molecule has 0 bridgehead atoms. The third kappa shape index (κ3) is 3.08. The third-order valence-corrected chi connectivity index (χ3v) is 2.64. The van der Waals surface area contributed by atoms with Gasteiger partial charge in [0, 0.05) is 6.42 Å². The van der Waals surface area contributed by atoms with E-state index in [0.29, 0.717) is 23.7 Å². The first-order valence-electron chi connectivity index (χ1n) is 5.35. The predicted octanol–water partition coefficient (Wildman–Crippen LogP) is 3.31. The second kappa shape index (κ2) is 5.54. The molecule has 0 radical (unpaired) electrons. The Morgan fingerprint density at radius 1 is 1.40 bits per heavy atom. The minimum atomic E-state index is 0.168. The molecular formula is C13H18O2. The molecule has 0 N–H and O–H groups in total. The lowest BCUT2D eigenvalue weighted by atomic mass is 9.97. The van der Waals surface area contributed by atoms with Crippen LogP contribution in [0.4, 0.5) is 0 Å². The van der Waals surface area contributed by atoms with Crippen molar-refractivity contribution < 1.29 is 9.53 Å². The first-order chi connectivity index (χ1) is 7.19. The fourth-order valence-electron chi connectivity index (χ4n) is 1.45. The fraction of sp³-hybridized carbons (Fsp3) is 0.462. The zero-order valence-corrected chi connectivity index (χ0v) is 9.62. The number of benzene rings is 1. The number of methoxy groups -OCH3 is 1. The molecule has 1 aromatic carbocycles. The number of ketones is 1. The van der Waals surface area contributed by atoms with Crippen molar-refractivity contribution in [1.29, 1.82) is 0 Å². The Bertz CT molecular complexity index is 331. The maximum atomic E-state index is 11.9. The van der Waals surface area contributed by atoms with Gasteiger partial charge in [-0.15, -0.1) is 0 Å². The second-order valence-electron chi connectivity index (χ2n) is 3.84. The van der Waals surface area contributed by atoms with Gasteiger partial charge in [-0.05, 0) is 18.1 Å². The number of para-hydroxylation sites is 1. The van der Waals surface area contributed by atoms with Crippen LogP contribution in [-0.2, 0) is 0 Å². The van der Waals surface area contributed by atoms with Crippen LogP contribution in [0, 0.1) is 5.92 Å². The number of carbonyl (C=O) groups excluding carboxylic acids is 1. The van der Waals surface area contributed by atoms with Gasteiger partial charge in [-0.1, -0.05) is 32.4 Å². The van der Waals surface area contributed by atoms with E-state index in [-0.39, 0.29) is 5.78 Å².